The van der Waals surface area contributed by atoms with Gasteiger partial charge in [0.05, 0.1) is 1.37 Å². The van der Waals surface area contributed by atoms with Gasteiger partial charge in [-0.2, -0.15) is 0 Å². The molecule has 0 N–H and O–H groups in total. The van der Waals surface area contributed by atoms with Crippen molar-refractivity contribution >= 4 is 54.3 Å². The molecule has 1 heteroatoms. The number of benzene rings is 9. The highest BCUT2D eigenvalue weighted by molar-refractivity contribution is 6.22. The number of para-hydroxylation sites is 1. The molecule has 49 heavy (non-hydrogen) atoms. The van der Waals surface area contributed by atoms with Gasteiger partial charge in [-0.1, -0.05) is 152 Å². The molecule has 0 atom stereocenters. The first-order chi connectivity index (χ1) is 24.7. The number of hydrogen-bond donors (Lipinski definition) is 0. The molecule has 0 fully saturated rings. The molecule has 9 aromatic carbocycles. The van der Waals surface area contributed by atoms with Gasteiger partial charge in [-0.15, -0.1) is 0 Å². The van der Waals surface area contributed by atoms with E-state index in [1.165, 1.54) is 43.8 Å². The van der Waals surface area contributed by atoms with Crippen LogP contribution >= 0.6 is 0 Å². The third kappa shape index (κ3) is 4.47. The largest absolute Gasteiger partial charge is 0.455 e. The normalized spacial score (nSPS) is 12.0. The second-order valence-corrected chi connectivity index (χ2v) is 12.8. The van der Waals surface area contributed by atoms with E-state index in [1.807, 2.05) is 18.2 Å². The average molecular weight is 624 g/mol. The van der Waals surface area contributed by atoms with Gasteiger partial charge >= 0.3 is 0 Å². The van der Waals surface area contributed by atoms with Gasteiger partial charge in [0.15, 0.2) is 0 Å². The number of fused-ring (bicyclic) bond motifs is 6. The molecular weight excluding hydrogens is 593 g/mol. The highest BCUT2D eigenvalue weighted by atomic mass is 16.3. The summed E-state index contributed by atoms with van der Waals surface area (Å²) in [5.41, 5.74) is 11.2. The number of rotatable bonds is 4. The fourth-order valence-corrected chi connectivity index (χ4v) is 7.71. The Kier molecular flexibility index (Phi) is 6.02. The molecule has 0 bridgehead atoms. The lowest BCUT2D eigenvalue weighted by Gasteiger charge is -2.18. The molecule has 0 aliphatic carbocycles. The fraction of sp³-hybridized carbons (Fsp3) is 0. The predicted octanol–water partition coefficient (Wildman–Crippen LogP) is 13.7. The van der Waals surface area contributed by atoms with Crippen molar-refractivity contribution in [1.82, 2.24) is 0 Å². The molecule has 0 saturated heterocycles. The zero-order chi connectivity index (χ0) is 33.2. The first-order valence-electron chi connectivity index (χ1n) is 17.3. The Labute approximate surface area is 285 Å². The monoisotopic (exact) mass is 623 g/mol. The zero-order valence-corrected chi connectivity index (χ0v) is 26.7. The van der Waals surface area contributed by atoms with Crippen LogP contribution in [0, 0.1) is 0 Å². The zero-order valence-electron chi connectivity index (χ0n) is 27.7. The molecule has 0 radical (unpaired) electrons. The summed E-state index contributed by atoms with van der Waals surface area (Å²) in [4.78, 5) is 0. The summed E-state index contributed by atoms with van der Waals surface area (Å²) in [5.74, 6) is 0. The second kappa shape index (κ2) is 11.1. The molecule has 0 spiro atoms. The molecule has 228 valence electrons. The van der Waals surface area contributed by atoms with Crippen molar-refractivity contribution < 1.29 is 5.79 Å². The average Bonchev–Trinajstić information content (AvgIpc) is 3.55. The molecule has 0 saturated carbocycles. The Hall–Kier alpha value is -6.44. The van der Waals surface area contributed by atoms with Crippen LogP contribution in [0.3, 0.4) is 0 Å². The van der Waals surface area contributed by atoms with Crippen LogP contribution in [-0.4, -0.2) is 0 Å². The summed E-state index contributed by atoms with van der Waals surface area (Å²) in [6, 6.07) is 63.0. The van der Waals surface area contributed by atoms with Gasteiger partial charge in [-0.3, -0.25) is 0 Å². The topological polar surface area (TPSA) is 13.1 Å². The smallest absolute Gasteiger partial charge is 0.143 e. The van der Waals surface area contributed by atoms with E-state index in [4.69, 9.17) is 5.79 Å². The number of hydrogen-bond acceptors (Lipinski definition) is 1. The standard InChI is InChI=1S/C48H30O/c1-2-14-32(15-3-1)43-29-37(30-44-38-19-10-11-24-45(38)49-48(43)44)34-17-12-18-35(28-34)46-39-20-6-8-22-41(39)47(42-23-9-7-21-40(42)46)36-26-25-31-13-4-5-16-33(31)27-36/h1-30H/i4D. The number of furan rings is 1. The Morgan fingerprint density at radius 2 is 0.959 bits per heavy atom. The van der Waals surface area contributed by atoms with Crippen molar-refractivity contribution in [1.29, 1.82) is 0 Å². The molecule has 1 heterocycles. The minimum atomic E-state index is 0.530. The molecule has 0 unspecified atom stereocenters. The first kappa shape index (κ1) is 26.6. The van der Waals surface area contributed by atoms with Crippen molar-refractivity contribution in [3.63, 3.8) is 0 Å². The van der Waals surface area contributed by atoms with Gasteiger partial charge in [0, 0.05) is 16.3 Å². The minimum Gasteiger partial charge on any atom is -0.455 e. The molecule has 1 aromatic heterocycles. The fourth-order valence-electron chi connectivity index (χ4n) is 7.71. The Balaban J connectivity index is 1.21. The summed E-state index contributed by atoms with van der Waals surface area (Å²) >= 11 is 0. The van der Waals surface area contributed by atoms with Crippen LogP contribution in [0.25, 0.3) is 98.8 Å². The van der Waals surface area contributed by atoms with Crippen molar-refractivity contribution in [2.75, 3.05) is 0 Å². The first-order valence-corrected chi connectivity index (χ1v) is 16.8. The molecule has 0 amide bonds. The van der Waals surface area contributed by atoms with E-state index in [9.17, 15) is 0 Å². The van der Waals surface area contributed by atoms with Gasteiger partial charge < -0.3 is 4.42 Å². The highest BCUT2D eigenvalue weighted by Gasteiger charge is 2.19. The van der Waals surface area contributed by atoms with Crippen LogP contribution in [0.2, 0.25) is 0 Å². The Morgan fingerprint density at radius 1 is 0.347 bits per heavy atom. The van der Waals surface area contributed by atoms with Crippen molar-refractivity contribution in [2.24, 2.45) is 0 Å². The minimum absolute atomic E-state index is 0.530. The van der Waals surface area contributed by atoms with Gasteiger partial charge in [0.25, 0.3) is 0 Å². The summed E-state index contributed by atoms with van der Waals surface area (Å²) in [5, 5.41) is 9.36. The van der Waals surface area contributed by atoms with Gasteiger partial charge in [0.2, 0.25) is 0 Å². The van der Waals surface area contributed by atoms with Gasteiger partial charge in [0.1, 0.15) is 11.2 Å². The molecule has 10 aromatic rings. The van der Waals surface area contributed by atoms with E-state index in [0.717, 1.165) is 55.0 Å². The lowest BCUT2D eigenvalue weighted by molar-refractivity contribution is 0.670. The van der Waals surface area contributed by atoms with E-state index in [2.05, 4.69) is 158 Å². The summed E-state index contributed by atoms with van der Waals surface area (Å²) < 4.78 is 14.6. The summed E-state index contributed by atoms with van der Waals surface area (Å²) in [6.07, 6.45) is 0. The molecular formula is C48H30O. The van der Waals surface area contributed by atoms with Crippen LogP contribution < -0.4 is 0 Å². The van der Waals surface area contributed by atoms with Crippen LogP contribution in [0.5, 0.6) is 0 Å². The lowest BCUT2D eigenvalue weighted by atomic mass is 9.85. The second-order valence-electron chi connectivity index (χ2n) is 12.8. The Bertz CT molecular complexity index is 2880. The predicted molar refractivity (Wildman–Crippen MR) is 208 cm³/mol. The van der Waals surface area contributed by atoms with E-state index in [1.54, 1.807) is 0 Å². The maximum atomic E-state index is 8.09. The van der Waals surface area contributed by atoms with E-state index in [0.29, 0.717) is 6.04 Å². The SMILES string of the molecule is [2H]c1ccc2cc(-c3c4ccccc4c(-c4cccc(-c5cc(-c6ccccc6)c6oc7ccccc7c6c5)c4)c4ccccc34)ccc2c1. The van der Waals surface area contributed by atoms with Crippen LogP contribution in [0.15, 0.2) is 186 Å². The van der Waals surface area contributed by atoms with Crippen molar-refractivity contribution in [3.05, 3.63) is 182 Å². The third-order valence-corrected chi connectivity index (χ3v) is 9.95. The molecule has 0 aliphatic rings. The third-order valence-electron chi connectivity index (χ3n) is 9.95. The lowest BCUT2D eigenvalue weighted by Crippen LogP contribution is -1.91. The maximum Gasteiger partial charge on any atom is 0.143 e. The van der Waals surface area contributed by atoms with Crippen LogP contribution in [0.1, 0.15) is 1.37 Å². The highest BCUT2D eigenvalue weighted by Crippen LogP contribution is 2.45. The van der Waals surface area contributed by atoms with E-state index < -0.39 is 0 Å². The molecule has 10 rings (SSSR count). The van der Waals surface area contributed by atoms with E-state index in [-0.39, 0.29) is 0 Å². The Morgan fingerprint density at radius 3 is 1.69 bits per heavy atom. The van der Waals surface area contributed by atoms with Gasteiger partial charge in [-0.05, 0) is 102 Å². The quantitative estimate of drug-likeness (QED) is 0.178. The molecule has 1 nitrogen and oxygen atoms in total. The van der Waals surface area contributed by atoms with Crippen molar-refractivity contribution in [3.8, 4) is 44.5 Å². The maximum absolute atomic E-state index is 8.09. The summed E-state index contributed by atoms with van der Waals surface area (Å²) in [6.45, 7) is 0. The van der Waals surface area contributed by atoms with Gasteiger partial charge in [-0.25, -0.2) is 0 Å². The van der Waals surface area contributed by atoms with Crippen LogP contribution in [-0.2, 0) is 0 Å². The van der Waals surface area contributed by atoms with Crippen LogP contribution in [0.4, 0.5) is 0 Å². The van der Waals surface area contributed by atoms with E-state index >= 15 is 0 Å². The van der Waals surface area contributed by atoms with Crippen molar-refractivity contribution in [2.45, 2.75) is 0 Å². The molecule has 0 aliphatic heterocycles. The summed E-state index contributed by atoms with van der Waals surface area (Å²) in [7, 11) is 0.